The zero-order valence-electron chi connectivity index (χ0n) is 17.1. The predicted molar refractivity (Wildman–Crippen MR) is 123 cm³/mol. The summed E-state index contributed by atoms with van der Waals surface area (Å²) < 4.78 is 0. The Labute approximate surface area is 175 Å². The molecule has 148 valence electrons. The van der Waals surface area contributed by atoms with Crippen LogP contribution < -0.4 is 4.90 Å². The Kier molecular flexibility index (Phi) is 4.47. The van der Waals surface area contributed by atoms with Crippen molar-refractivity contribution in [1.29, 1.82) is 0 Å². The molecule has 0 radical (unpaired) electrons. The van der Waals surface area contributed by atoms with Gasteiger partial charge in [-0.15, -0.1) is 0 Å². The average Bonchev–Trinajstić information content (AvgIpc) is 3.39. The molecule has 4 aromatic rings. The molecular weight excluding hydrogens is 370 g/mol. The standard InChI is InChI=1S/C26H23N3O/c1-29(2)22-11-9-19(10-12-22)25(30)15-17-6-13-23-24(14-17)28-26(27-23)21-8-7-18-4-3-5-20(18)16-21/h3,5-14,16H,4,15H2,1-2H3,(H,27,28). The van der Waals surface area contributed by atoms with Crippen LogP contribution in [0.2, 0.25) is 0 Å². The Hall–Kier alpha value is -3.66. The summed E-state index contributed by atoms with van der Waals surface area (Å²) in [6.45, 7) is 0. The lowest BCUT2D eigenvalue weighted by atomic mass is 10.0. The number of imidazole rings is 1. The molecule has 1 aliphatic carbocycles. The van der Waals surface area contributed by atoms with Gasteiger partial charge in [0.1, 0.15) is 5.82 Å². The maximum Gasteiger partial charge on any atom is 0.167 e. The lowest BCUT2D eigenvalue weighted by molar-refractivity contribution is 0.0993. The number of carbonyl (C=O) groups is 1. The molecule has 0 atom stereocenters. The minimum Gasteiger partial charge on any atom is -0.378 e. The van der Waals surface area contributed by atoms with Crippen LogP contribution in [0.4, 0.5) is 5.69 Å². The second-order valence-electron chi connectivity index (χ2n) is 8.00. The van der Waals surface area contributed by atoms with Crippen molar-refractivity contribution in [2.75, 3.05) is 19.0 Å². The largest absolute Gasteiger partial charge is 0.378 e. The first-order chi connectivity index (χ1) is 14.6. The van der Waals surface area contributed by atoms with Crippen LogP contribution in [0, 0.1) is 0 Å². The highest BCUT2D eigenvalue weighted by atomic mass is 16.1. The van der Waals surface area contributed by atoms with Crippen molar-refractivity contribution in [2.24, 2.45) is 0 Å². The van der Waals surface area contributed by atoms with E-state index in [9.17, 15) is 4.79 Å². The molecule has 3 aromatic carbocycles. The van der Waals surface area contributed by atoms with Gasteiger partial charge < -0.3 is 9.88 Å². The van der Waals surface area contributed by atoms with E-state index in [1.807, 2.05) is 61.5 Å². The fourth-order valence-electron chi connectivity index (χ4n) is 3.93. The zero-order valence-corrected chi connectivity index (χ0v) is 17.1. The number of allylic oxidation sites excluding steroid dienone is 1. The Bertz CT molecular complexity index is 1280. The van der Waals surface area contributed by atoms with Crippen molar-refractivity contribution in [1.82, 2.24) is 9.97 Å². The lowest BCUT2D eigenvalue weighted by Gasteiger charge is -2.12. The van der Waals surface area contributed by atoms with Crippen LogP contribution in [0.5, 0.6) is 0 Å². The Morgan fingerprint density at radius 3 is 2.67 bits per heavy atom. The van der Waals surface area contributed by atoms with Gasteiger partial charge in [-0.3, -0.25) is 4.79 Å². The number of Topliss-reactive ketones (excluding diaryl/α,β-unsaturated/α-hetero) is 1. The topological polar surface area (TPSA) is 49.0 Å². The Morgan fingerprint density at radius 2 is 1.87 bits per heavy atom. The van der Waals surface area contributed by atoms with E-state index in [-0.39, 0.29) is 5.78 Å². The zero-order chi connectivity index (χ0) is 20.7. The molecule has 0 spiro atoms. The number of aromatic amines is 1. The minimum absolute atomic E-state index is 0.116. The fourth-order valence-corrected chi connectivity index (χ4v) is 3.93. The average molecular weight is 393 g/mol. The number of H-pyrrole nitrogens is 1. The number of nitrogens with one attached hydrogen (secondary N) is 1. The van der Waals surface area contributed by atoms with Crippen LogP contribution >= 0.6 is 0 Å². The quantitative estimate of drug-likeness (QED) is 0.469. The SMILES string of the molecule is CN(C)c1ccc(C(=O)Cc2ccc3nc(-c4ccc5c(c4)C=CC5)[nH]c3c2)cc1. The van der Waals surface area contributed by atoms with Crippen LogP contribution in [0.15, 0.2) is 66.7 Å². The van der Waals surface area contributed by atoms with Crippen molar-refractivity contribution < 1.29 is 4.79 Å². The van der Waals surface area contributed by atoms with Crippen LogP contribution in [0.3, 0.4) is 0 Å². The van der Waals surface area contributed by atoms with Gasteiger partial charge in [-0.1, -0.05) is 30.4 Å². The number of nitrogens with zero attached hydrogens (tertiary/aromatic N) is 2. The summed E-state index contributed by atoms with van der Waals surface area (Å²) in [7, 11) is 3.98. The van der Waals surface area contributed by atoms with Gasteiger partial charge in [0.15, 0.2) is 5.78 Å². The van der Waals surface area contributed by atoms with Gasteiger partial charge in [-0.05, 0) is 65.6 Å². The van der Waals surface area contributed by atoms with E-state index in [0.29, 0.717) is 6.42 Å². The van der Waals surface area contributed by atoms with Gasteiger partial charge in [-0.2, -0.15) is 0 Å². The van der Waals surface area contributed by atoms with E-state index in [2.05, 4.69) is 35.3 Å². The summed E-state index contributed by atoms with van der Waals surface area (Å²) in [5.41, 5.74) is 8.36. The number of benzene rings is 3. The summed E-state index contributed by atoms with van der Waals surface area (Å²) in [4.78, 5) is 22.9. The summed E-state index contributed by atoms with van der Waals surface area (Å²) in [5, 5.41) is 0. The van der Waals surface area contributed by atoms with Crippen LogP contribution in [-0.4, -0.2) is 29.8 Å². The van der Waals surface area contributed by atoms with Gasteiger partial charge in [0.2, 0.25) is 0 Å². The van der Waals surface area contributed by atoms with E-state index >= 15 is 0 Å². The molecule has 0 saturated carbocycles. The molecule has 30 heavy (non-hydrogen) atoms. The normalized spacial score (nSPS) is 12.3. The molecule has 0 aliphatic heterocycles. The minimum atomic E-state index is 0.116. The van der Waals surface area contributed by atoms with Gasteiger partial charge in [0.25, 0.3) is 0 Å². The summed E-state index contributed by atoms with van der Waals surface area (Å²) in [6, 6.07) is 20.2. The molecule has 4 heteroatoms. The van der Waals surface area contributed by atoms with Crippen molar-refractivity contribution in [3.8, 4) is 11.4 Å². The van der Waals surface area contributed by atoms with Crippen LogP contribution in [0.25, 0.3) is 28.5 Å². The first-order valence-electron chi connectivity index (χ1n) is 10.2. The predicted octanol–water partition coefficient (Wildman–Crippen LogP) is 5.29. The highest BCUT2D eigenvalue weighted by Crippen LogP contribution is 2.27. The molecule has 1 N–H and O–H groups in total. The molecule has 4 nitrogen and oxygen atoms in total. The van der Waals surface area contributed by atoms with Crippen molar-refractivity contribution in [3.05, 3.63) is 89.0 Å². The Morgan fingerprint density at radius 1 is 1.03 bits per heavy atom. The number of ketones is 1. The number of fused-ring (bicyclic) bond motifs is 2. The number of aromatic nitrogens is 2. The van der Waals surface area contributed by atoms with E-state index in [1.54, 1.807) is 0 Å². The molecular formula is C26H23N3O. The second kappa shape index (κ2) is 7.30. The highest BCUT2D eigenvalue weighted by molar-refractivity contribution is 5.98. The molecule has 0 fully saturated rings. The molecule has 1 heterocycles. The molecule has 0 bridgehead atoms. The van der Waals surface area contributed by atoms with Crippen LogP contribution in [-0.2, 0) is 12.8 Å². The second-order valence-corrected chi connectivity index (χ2v) is 8.00. The maximum absolute atomic E-state index is 12.7. The van der Waals surface area contributed by atoms with Gasteiger partial charge in [-0.25, -0.2) is 4.98 Å². The van der Waals surface area contributed by atoms with Gasteiger partial charge in [0, 0.05) is 37.3 Å². The number of carbonyl (C=O) groups excluding carboxylic acids is 1. The summed E-state index contributed by atoms with van der Waals surface area (Å²) in [5.74, 6) is 0.973. The number of rotatable bonds is 5. The van der Waals surface area contributed by atoms with E-state index < -0.39 is 0 Å². The van der Waals surface area contributed by atoms with E-state index in [1.165, 1.54) is 11.1 Å². The first-order valence-corrected chi connectivity index (χ1v) is 10.2. The molecule has 0 saturated heterocycles. The van der Waals surface area contributed by atoms with E-state index in [0.717, 1.165) is 45.7 Å². The molecule has 0 unspecified atom stereocenters. The van der Waals surface area contributed by atoms with Crippen molar-refractivity contribution in [3.63, 3.8) is 0 Å². The maximum atomic E-state index is 12.7. The summed E-state index contributed by atoms with van der Waals surface area (Å²) in [6.07, 6.45) is 5.72. The van der Waals surface area contributed by atoms with Crippen molar-refractivity contribution in [2.45, 2.75) is 12.8 Å². The Balaban J connectivity index is 1.38. The smallest absolute Gasteiger partial charge is 0.167 e. The molecule has 1 aliphatic rings. The van der Waals surface area contributed by atoms with Gasteiger partial charge >= 0.3 is 0 Å². The highest BCUT2D eigenvalue weighted by Gasteiger charge is 2.12. The molecule has 0 amide bonds. The number of hydrogen-bond donors (Lipinski definition) is 1. The third-order valence-electron chi connectivity index (χ3n) is 5.67. The third kappa shape index (κ3) is 3.41. The third-order valence-corrected chi connectivity index (χ3v) is 5.67. The molecule has 5 rings (SSSR count). The fraction of sp³-hybridized carbons (Fsp3) is 0.154. The first kappa shape index (κ1) is 18.4. The lowest BCUT2D eigenvalue weighted by Crippen LogP contribution is -2.09. The van der Waals surface area contributed by atoms with Crippen LogP contribution in [0.1, 0.15) is 27.0 Å². The van der Waals surface area contributed by atoms with E-state index in [4.69, 9.17) is 4.98 Å². The number of hydrogen-bond acceptors (Lipinski definition) is 3. The monoisotopic (exact) mass is 393 g/mol. The summed E-state index contributed by atoms with van der Waals surface area (Å²) >= 11 is 0. The number of anilines is 1. The molecule has 1 aromatic heterocycles. The van der Waals surface area contributed by atoms with Gasteiger partial charge in [0.05, 0.1) is 11.0 Å². The van der Waals surface area contributed by atoms with Crippen molar-refractivity contribution >= 4 is 28.6 Å².